The molecule has 0 spiro atoms. The summed E-state index contributed by atoms with van der Waals surface area (Å²) in [5, 5.41) is 10.2. The summed E-state index contributed by atoms with van der Waals surface area (Å²) < 4.78 is 29.1. The van der Waals surface area contributed by atoms with Crippen LogP contribution in [-0.4, -0.2) is 35.9 Å². The third-order valence-corrected chi connectivity index (χ3v) is 5.13. The van der Waals surface area contributed by atoms with Crippen molar-refractivity contribution in [2.24, 2.45) is 0 Å². The van der Waals surface area contributed by atoms with Gasteiger partial charge in [0, 0.05) is 5.56 Å². The van der Waals surface area contributed by atoms with Gasteiger partial charge in [0.2, 0.25) is 0 Å². The minimum atomic E-state index is -3.32. The number of carbonyl (C=O) groups excluding carboxylic acids is 1. The van der Waals surface area contributed by atoms with Crippen molar-refractivity contribution in [3.8, 4) is 0 Å². The summed E-state index contributed by atoms with van der Waals surface area (Å²) in [5.41, 5.74) is 0.483. The molecule has 6 nitrogen and oxygen atoms in total. The standard InChI is InChI=1S/C15H21NO5S/c1-5-22(19,20)11-6-7-12-10(8-11)9-16(13(12)17)14(18)21-15(2,3)4/h6-8,13,17H,5,9H2,1-4H3. The first-order valence-corrected chi connectivity index (χ1v) is 8.73. The first-order chi connectivity index (χ1) is 10.0. The molecule has 1 aliphatic rings. The van der Waals surface area contributed by atoms with Gasteiger partial charge in [-0.2, -0.15) is 0 Å². The Morgan fingerprint density at radius 1 is 1.41 bits per heavy atom. The number of fused-ring (bicyclic) bond motifs is 1. The van der Waals surface area contributed by atoms with Crippen LogP contribution in [0.2, 0.25) is 0 Å². The highest BCUT2D eigenvalue weighted by atomic mass is 32.2. The Bertz CT molecular complexity index is 690. The van der Waals surface area contributed by atoms with E-state index >= 15 is 0 Å². The maximum Gasteiger partial charge on any atom is 0.412 e. The molecule has 0 radical (unpaired) electrons. The maximum atomic E-state index is 12.1. The van der Waals surface area contributed by atoms with Gasteiger partial charge in [0.1, 0.15) is 5.60 Å². The lowest BCUT2D eigenvalue weighted by Crippen LogP contribution is -2.35. The summed E-state index contributed by atoms with van der Waals surface area (Å²) >= 11 is 0. The Hall–Kier alpha value is -1.60. The van der Waals surface area contributed by atoms with Crippen molar-refractivity contribution in [1.82, 2.24) is 4.90 Å². The normalized spacial score (nSPS) is 18.2. The van der Waals surface area contributed by atoms with Crippen LogP contribution in [0.1, 0.15) is 45.0 Å². The van der Waals surface area contributed by atoms with Crippen molar-refractivity contribution < 1.29 is 23.1 Å². The number of sulfone groups is 1. The molecule has 1 heterocycles. The number of hydrogen-bond acceptors (Lipinski definition) is 5. The SMILES string of the molecule is CCS(=O)(=O)c1ccc2c(c1)CN(C(=O)OC(C)(C)C)C2O. The highest BCUT2D eigenvalue weighted by molar-refractivity contribution is 7.91. The molecule has 0 saturated heterocycles. The summed E-state index contributed by atoms with van der Waals surface area (Å²) in [6.07, 6.45) is -1.75. The molecule has 0 saturated carbocycles. The minimum Gasteiger partial charge on any atom is -0.444 e. The summed E-state index contributed by atoms with van der Waals surface area (Å²) in [4.78, 5) is 13.5. The van der Waals surface area contributed by atoms with E-state index in [0.29, 0.717) is 11.1 Å². The highest BCUT2D eigenvalue weighted by Gasteiger charge is 2.35. The van der Waals surface area contributed by atoms with Crippen molar-refractivity contribution in [3.05, 3.63) is 29.3 Å². The van der Waals surface area contributed by atoms with Crippen molar-refractivity contribution in [3.63, 3.8) is 0 Å². The Morgan fingerprint density at radius 3 is 2.59 bits per heavy atom. The number of hydrogen-bond donors (Lipinski definition) is 1. The molecule has 1 aromatic rings. The third-order valence-electron chi connectivity index (χ3n) is 3.40. The van der Waals surface area contributed by atoms with Gasteiger partial charge in [-0.05, 0) is 38.5 Å². The van der Waals surface area contributed by atoms with Crippen molar-refractivity contribution in [2.75, 3.05) is 5.75 Å². The van der Waals surface area contributed by atoms with Crippen LogP contribution in [0.15, 0.2) is 23.1 Å². The second-order valence-electron chi connectivity index (χ2n) is 6.25. The fourth-order valence-corrected chi connectivity index (χ4v) is 3.18. The van der Waals surface area contributed by atoms with E-state index in [0.717, 1.165) is 0 Å². The molecule has 0 bridgehead atoms. The largest absolute Gasteiger partial charge is 0.444 e. The summed E-state index contributed by atoms with van der Waals surface area (Å²) in [5.74, 6) is 0.00409. The Kier molecular flexibility index (Phi) is 4.23. The van der Waals surface area contributed by atoms with E-state index in [9.17, 15) is 18.3 Å². The van der Waals surface area contributed by atoms with E-state index in [4.69, 9.17) is 4.74 Å². The number of aliphatic hydroxyl groups is 1. The van der Waals surface area contributed by atoms with Crippen LogP contribution in [0.5, 0.6) is 0 Å². The van der Waals surface area contributed by atoms with Gasteiger partial charge < -0.3 is 9.84 Å². The number of nitrogens with zero attached hydrogens (tertiary/aromatic N) is 1. The Morgan fingerprint density at radius 2 is 2.05 bits per heavy atom. The summed E-state index contributed by atoms with van der Waals surface area (Å²) in [7, 11) is -3.32. The van der Waals surface area contributed by atoms with Crippen LogP contribution < -0.4 is 0 Å². The number of ether oxygens (including phenoxy) is 1. The molecule has 2 rings (SSSR count). The number of carbonyl (C=O) groups is 1. The molecule has 0 aliphatic carbocycles. The predicted octanol–water partition coefficient (Wildman–Crippen LogP) is 2.22. The van der Waals surface area contributed by atoms with Crippen LogP contribution in [0.4, 0.5) is 4.79 Å². The van der Waals surface area contributed by atoms with Crippen LogP contribution in [0, 0.1) is 0 Å². The molecule has 7 heteroatoms. The zero-order valence-corrected chi connectivity index (χ0v) is 14.0. The topological polar surface area (TPSA) is 83.9 Å². The van der Waals surface area contributed by atoms with Gasteiger partial charge in [-0.3, -0.25) is 4.90 Å². The first kappa shape index (κ1) is 16.8. The highest BCUT2D eigenvalue weighted by Crippen LogP contribution is 2.34. The molecular weight excluding hydrogens is 306 g/mol. The average Bonchev–Trinajstić information content (AvgIpc) is 2.74. The second kappa shape index (κ2) is 5.55. The maximum absolute atomic E-state index is 12.1. The molecule has 1 aromatic carbocycles. The molecule has 1 N–H and O–H groups in total. The fourth-order valence-electron chi connectivity index (χ4n) is 2.25. The Labute approximate surface area is 130 Å². The van der Waals surface area contributed by atoms with E-state index in [2.05, 4.69) is 0 Å². The summed E-state index contributed by atoms with van der Waals surface area (Å²) in [6, 6.07) is 4.52. The predicted molar refractivity (Wildman–Crippen MR) is 80.9 cm³/mol. The zero-order valence-electron chi connectivity index (χ0n) is 13.2. The number of amides is 1. The van der Waals surface area contributed by atoms with Gasteiger partial charge in [-0.25, -0.2) is 13.2 Å². The van der Waals surface area contributed by atoms with E-state index in [1.165, 1.54) is 17.0 Å². The van der Waals surface area contributed by atoms with Gasteiger partial charge in [0.15, 0.2) is 16.1 Å². The van der Waals surface area contributed by atoms with E-state index in [1.54, 1.807) is 33.8 Å². The molecular formula is C15H21NO5S. The molecule has 0 fully saturated rings. The lowest BCUT2D eigenvalue weighted by molar-refractivity contribution is -0.0257. The molecule has 1 amide bonds. The van der Waals surface area contributed by atoms with Gasteiger partial charge in [0.25, 0.3) is 0 Å². The smallest absolute Gasteiger partial charge is 0.412 e. The van der Waals surface area contributed by atoms with Crippen molar-refractivity contribution in [2.45, 2.75) is 51.0 Å². The summed E-state index contributed by atoms with van der Waals surface area (Å²) in [6.45, 7) is 6.92. The fraction of sp³-hybridized carbons (Fsp3) is 0.533. The molecule has 1 unspecified atom stereocenters. The van der Waals surface area contributed by atoms with Crippen molar-refractivity contribution >= 4 is 15.9 Å². The number of aliphatic hydroxyl groups excluding tert-OH is 1. The van der Waals surface area contributed by atoms with Gasteiger partial charge in [-0.1, -0.05) is 13.0 Å². The van der Waals surface area contributed by atoms with Crippen LogP contribution in [0.25, 0.3) is 0 Å². The van der Waals surface area contributed by atoms with Crippen LogP contribution >= 0.6 is 0 Å². The molecule has 0 aromatic heterocycles. The van der Waals surface area contributed by atoms with Gasteiger partial charge >= 0.3 is 6.09 Å². The zero-order chi connectivity index (χ0) is 16.7. The van der Waals surface area contributed by atoms with E-state index < -0.39 is 27.8 Å². The monoisotopic (exact) mass is 327 g/mol. The lowest BCUT2D eigenvalue weighted by atomic mass is 10.1. The first-order valence-electron chi connectivity index (χ1n) is 7.08. The van der Waals surface area contributed by atoms with Gasteiger partial charge in [-0.15, -0.1) is 0 Å². The van der Waals surface area contributed by atoms with Gasteiger partial charge in [0.05, 0.1) is 17.2 Å². The quantitative estimate of drug-likeness (QED) is 0.900. The Balaban J connectivity index is 2.28. The van der Waals surface area contributed by atoms with Crippen LogP contribution in [-0.2, 0) is 21.1 Å². The second-order valence-corrected chi connectivity index (χ2v) is 8.52. The third kappa shape index (κ3) is 3.25. The molecule has 1 atom stereocenters. The van der Waals surface area contributed by atoms with E-state index in [-0.39, 0.29) is 17.2 Å². The van der Waals surface area contributed by atoms with E-state index in [1.807, 2.05) is 0 Å². The number of rotatable bonds is 2. The average molecular weight is 327 g/mol. The molecule has 22 heavy (non-hydrogen) atoms. The number of benzene rings is 1. The minimum absolute atomic E-state index is 0.00409. The molecule has 1 aliphatic heterocycles. The van der Waals surface area contributed by atoms with Crippen LogP contribution in [0.3, 0.4) is 0 Å². The molecule has 122 valence electrons. The van der Waals surface area contributed by atoms with Crippen molar-refractivity contribution in [1.29, 1.82) is 0 Å². The lowest BCUT2D eigenvalue weighted by Gasteiger charge is -2.26.